The lowest BCUT2D eigenvalue weighted by molar-refractivity contribution is -0.384. The lowest BCUT2D eigenvalue weighted by Gasteiger charge is -2.09. The van der Waals surface area contributed by atoms with Crippen LogP contribution in [0, 0.1) is 10.1 Å². The average Bonchev–Trinajstić information content (AvgIpc) is 3.01. The molecule has 3 rings (SSSR count). The Hall–Kier alpha value is -2.41. The summed E-state index contributed by atoms with van der Waals surface area (Å²) in [5.74, 6) is -1.16. The summed E-state index contributed by atoms with van der Waals surface area (Å²) in [6.07, 6.45) is 1.62. The Morgan fingerprint density at radius 3 is 2.58 bits per heavy atom. The van der Waals surface area contributed by atoms with E-state index >= 15 is 0 Å². The number of nitrogens with one attached hydrogen (secondary N) is 1. The van der Waals surface area contributed by atoms with Crippen molar-refractivity contribution in [2.24, 2.45) is 4.99 Å². The van der Waals surface area contributed by atoms with Crippen LogP contribution in [0.2, 0.25) is 5.02 Å². The number of amides is 1. The first-order chi connectivity index (χ1) is 14.6. The maximum absolute atomic E-state index is 12.3. The van der Waals surface area contributed by atoms with Gasteiger partial charge in [0.25, 0.3) is 11.6 Å². The Bertz CT molecular complexity index is 1150. The number of hydrogen-bond acceptors (Lipinski definition) is 7. The van der Waals surface area contributed by atoms with E-state index in [1.165, 1.54) is 18.2 Å². The monoisotopic (exact) mass is 589 g/mol. The molecule has 0 saturated carbocycles. The standard InChI is InChI=1S/C18H10Br2ClN3O6S/c19-10-3-8(4-11(20)16(10)30-7-15(25)26)5-14-17(27)23-18(31-14)22-13-2-1-9(24(28)29)6-12(13)21/h1-6H,7H2,(H,25,26)(H,22,23,27)/b14-5+. The molecule has 9 nitrogen and oxygen atoms in total. The number of non-ortho nitro benzene ring substituents is 1. The fraction of sp³-hybridized carbons (Fsp3) is 0.0556. The summed E-state index contributed by atoms with van der Waals surface area (Å²) < 4.78 is 6.23. The van der Waals surface area contributed by atoms with Gasteiger partial charge in [0.05, 0.1) is 29.5 Å². The summed E-state index contributed by atoms with van der Waals surface area (Å²) in [5, 5.41) is 22.5. The molecule has 2 aromatic carbocycles. The molecule has 2 aromatic rings. The van der Waals surface area contributed by atoms with Crippen LogP contribution in [0.25, 0.3) is 6.08 Å². The fourth-order valence-corrected chi connectivity index (χ4v) is 4.88. The minimum atomic E-state index is -1.11. The Morgan fingerprint density at radius 1 is 1.32 bits per heavy atom. The second kappa shape index (κ2) is 9.81. The number of hydrogen-bond donors (Lipinski definition) is 2. The Balaban J connectivity index is 1.82. The third kappa shape index (κ3) is 5.85. The Morgan fingerprint density at radius 2 is 2.00 bits per heavy atom. The van der Waals surface area contributed by atoms with Gasteiger partial charge in [-0.25, -0.2) is 9.79 Å². The van der Waals surface area contributed by atoms with Crippen LogP contribution >= 0.6 is 55.2 Å². The van der Waals surface area contributed by atoms with E-state index in [1.54, 1.807) is 18.2 Å². The molecule has 31 heavy (non-hydrogen) atoms. The molecule has 1 aliphatic rings. The molecular formula is C18H10Br2ClN3O6S. The molecular weight excluding hydrogens is 582 g/mol. The van der Waals surface area contributed by atoms with Gasteiger partial charge in [0, 0.05) is 12.1 Å². The first-order valence-electron chi connectivity index (χ1n) is 8.21. The van der Waals surface area contributed by atoms with Crippen molar-refractivity contribution in [3.63, 3.8) is 0 Å². The molecule has 0 unspecified atom stereocenters. The summed E-state index contributed by atoms with van der Waals surface area (Å²) in [6, 6.07) is 7.19. The molecule has 1 amide bonds. The summed E-state index contributed by atoms with van der Waals surface area (Å²) >= 11 is 13.8. The van der Waals surface area contributed by atoms with Crippen molar-refractivity contribution in [1.82, 2.24) is 5.32 Å². The van der Waals surface area contributed by atoms with Gasteiger partial charge in [-0.2, -0.15) is 0 Å². The summed E-state index contributed by atoms with van der Waals surface area (Å²) in [4.78, 5) is 37.8. The van der Waals surface area contributed by atoms with Crippen molar-refractivity contribution in [3.05, 3.63) is 64.9 Å². The number of halogens is 3. The van der Waals surface area contributed by atoms with Crippen LogP contribution in [0.1, 0.15) is 5.56 Å². The van der Waals surface area contributed by atoms with Gasteiger partial charge in [0.15, 0.2) is 11.8 Å². The molecule has 0 spiro atoms. The normalized spacial score (nSPS) is 15.9. The number of nitrogens with zero attached hydrogens (tertiary/aromatic N) is 2. The number of nitro groups is 1. The molecule has 13 heteroatoms. The maximum Gasteiger partial charge on any atom is 0.341 e. The number of thioether (sulfide) groups is 1. The van der Waals surface area contributed by atoms with Crippen LogP contribution in [-0.2, 0) is 9.59 Å². The van der Waals surface area contributed by atoms with Gasteiger partial charge >= 0.3 is 5.97 Å². The van der Waals surface area contributed by atoms with Gasteiger partial charge in [-0.05, 0) is 73.5 Å². The van der Waals surface area contributed by atoms with Crippen LogP contribution in [0.15, 0.2) is 49.2 Å². The topological polar surface area (TPSA) is 131 Å². The highest BCUT2D eigenvalue weighted by atomic mass is 79.9. The van der Waals surface area contributed by atoms with Gasteiger partial charge in [0.1, 0.15) is 5.75 Å². The van der Waals surface area contributed by atoms with E-state index < -0.39 is 17.5 Å². The van der Waals surface area contributed by atoms with E-state index in [4.69, 9.17) is 21.4 Å². The molecule has 0 radical (unpaired) electrons. The minimum absolute atomic E-state index is 0.0822. The molecule has 0 aliphatic carbocycles. The number of benzene rings is 2. The molecule has 1 aliphatic heterocycles. The van der Waals surface area contributed by atoms with Crippen molar-refractivity contribution >= 4 is 89.7 Å². The van der Waals surface area contributed by atoms with E-state index in [0.717, 1.165) is 11.8 Å². The number of ether oxygens (including phenoxy) is 1. The van der Waals surface area contributed by atoms with E-state index in [9.17, 15) is 19.7 Å². The zero-order chi connectivity index (χ0) is 22.7. The van der Waals surface area contributed by atoms with Crippen molar-refractivity contribution in [1.29, 1.82) is 0 Å². The number of carboxylic acids is 1. The number of carbonyl (C=O) groups excluding carboxylic acids is 1. The van der Waals surface area contributed by atoms with Crippen LogP contribution in [0.3, 0.4) is 0 Å². The number of carbonyl (C=O) groups is 2. The molecule has 0 atom stereocenters. The van der Waals surface area contributed by atoms with Crippen molar-refractivity contribution < 1.29 is 24.4 Å². The molecule has 1 heterocycles. The zero-order valence-corrected chi connectivity index (χ0v) is 19.8. The van der Waals surface area contributed by atoms with Gasteiger partial charge in [-0.15, -0.1) is 0 Å². The SMILES string of the molecule is O=C(O)COc1c(Br)cc(/C=C2/SC(=Nc3ccc([N+](=O)[O-])cc3Cl)NC2=O)cc1Br. The Kier molecular flexibility index (Phi) is 7.36. The summed E-state index contributed by atoms with van der Waals surface area (Å²) in [6.45, 7) is -0.499. The van der Waals surface area contributed by atoms with Gasteiger partial charge in [-0.1, -0.05) is 11.6 Å². The third-order valence-electron chi connectivity index (χ3n) is 3.67. The summed E-state index contributed by atoms with van der Waals surface area (Å²) in [7, 11) is 0. The highest BCUT2D eigenvalue weighted by molar-refractivity contribution is 9.11. The van der Waals surface area contributed by atoms with Crippen LogP contribution in [-0.4, -0.2) is 33.7 Å². The van der Waals surface area contributed by atoms with E-state index in [2.05, 4.69) is 42.2 Å². The number of aliphatic carboxylic acids is 1. The number of amidine groups is 1. The lowest BCUT2D eigenvalue weighted by atomic mass is 10.2. The first kappa shape index (κ1) is 23.3. The molecule has 160 valence electrons. The molecule has 0 aromatic heterocycles. The van der Waals surface area contributed by atoms with Gasteiger partial charge < -0.3 is 15.2 Å². The molecule has 0 bridgehead atoms. The van der Waals surface area contributed by atoms with E-state index in [1.807, 2.05) is 0 Å². The maximum atomic E-state index is 12.3. The van der Waals surface area contributed by atoms with Crippen LogP contribution in [0.5, 0.6) is 5.75 Å². The number of nitro benzene ring substituents is 1. The number of carboxylic acid groups (broad SMARTS) is 1. The minimum Gasteiger partial charge on any atom is -0.480 e. The zero-order valence-electron chi connectivity index (χ0n) is 15.1. The van der Waals surface area contributed by atoms with E-state index in [-0.39, 0.29) is 27.5 Å². The molecule has 2 N–H and O–H groups in total. The van der Waals surface area contributed by atoms with Crippen LogP contribution in [0.4, 0.5) is 11.4 Å². The number of aliphatic imine (C=N–C) groups is 1. The van der Waals surface area contributed by atoms with Gasteiger partial charge in [-0.3, -0.25) is 14.9 Å². The van der Waals surface area contributed by atoms with Crippen molar-refractivity contribution in [2.75, 3.05) is 6.61 Å². The second-order valence-corrected chi connectivity index (χ2v) is 9.02. The third-order valence-corrected chi connectivity index (χ3v) is 6.06. The summed E-state index contributed by atoms with van der Waals surface area (Å²) in [5.41, 5.74) is 0.764. The Labute approximate surface area is 200 Å². The highest BCUT2D eigenvalue weighted by Crippen LogP contribution is 2.37. The quantitative estimate of drug-likeness (QED) is 0.271. The van der Waals surface area contributed by atoms with Gasteiger partial charge in [0.2, 0.25) is 0 Å². The predicted molar refractivity (Wildman–Crippen MR) is 124 cm³/mol. The predicted octanol–water partition coefficient (Wildman–Crippen LogP) is 5.13. The first-order valence-corrected chi connectivity index (χ1v) is 11.0. The number of rotatable bonds is 6. The van der Waals surface area contributed by atoms with Crippen molar-refractivity contribution in [2.45, 2.75) is 0 Å². The largest absolute Gasteiger partial charge is 0.480 e. The van der Waals surface area contributed by atoms with E-state index in [0.29, 0.717) is 25.2 Å². The second-order valence-electron chi connectivity index (χ2n) is 5.87. The average molecular weight is 592 g/mol. The molecule has 1 saturated heterocycles. The van der Waals surface area contributed by atoms with Crippen LogP contribution < -0.4 is 10.1 Å². The van der Waals surface area contributed by atoms with Crippen molar-refractivity contribution in [3.8, 4) is 5.75 Å². The fourth-order valence-electron chi connectivity index (χ4n) is 2.38. The smallest absolute Gasteiger partial charge is 0.341 e. The molecule has 1 fully saturated rings. The highest BCUT2D eigenvalue weighted by Gasteiger charge is 2.24. The lowest BCUT2D eigenvalue weighted by Crippen LogP contribution is -2.19.